The largest absolute Gasteiger partial charge is 0.477 e. The number of ether oxygens (including phenoxy) is 2. The quantitative estimate of drug-likeness (QED) is 0.851. The number of hydrogen-bond acceptors (Lipinski definition) is 4. The molecule has 0 atom stereocenters. The van der Waals surface area contributed by atoms with Crippen molar-refractivity contribution in [2.45, 2.75) is 20.1 Å². The predicted molar refractivity (Wildman–Crippen MR) is 79.7 cm³/mol. The summed E-state index contributed by atoms with van der Waals surface area (Å²) in [6.07, 6.45) is 1.55. The average Bonchev–Trinajstić information content (AvgIpc) is 2.54. The third-order valence-corrected chi connectivity index (χ3v) is 2.90. The normalized spacial score (nSPS) is 10.4. The van der Waals surface area contributed by atoms with Crippen LogP contribution in [0.2, 0.25) is 0 Å². The lowest BCUT2D eigenvalue weighted by atomic mass is 10.2. The number of carbonyl (C=O) groups is 1. The molecule has 2 rings (SSSR count). The number of nitrogens with one attached hydrogen (secondary N) is 1. The molecular weight excluding hydrogens is 306 g/mol. The monoisotopic (exact) mass is 322 g/mol. The fourth-order valence-electron chi connectivity index (χ4n) is 1.88. The standard InChI is InChI=1S/C16H16F2N2O3/c1-2-22-15-13(4-3-9-19-15)14(21)20-10-11-5-7-12(8-6-11)23-16(17)18/h3-9,16H,2,10H2,1H3,(H,20,21). The predicted octanol–water partition coefficient (Wildman–Crippen LogP) is 3.01. The number of hydrogen-bond donors (Lipinski definition) is 1. The minimum Gasteiger partial charge on any atom is -0.477 e. The average molecular weight is 322 g/mol. The summed E-state index contributed by atoms with van der Waals surface area (Å²) in [5, 5.41) is 2.73. The van der Waals surface area contributed by atoms with Crippen LogP contribution in [0, 0.1) is 0 Å². The van der Waals surface area contributed by atoms with Crippen molar-refractivity contribution >= 4 is 5.91 Å². The van der Waals surface area contributed by atoms with E-state index in [1.807, 2.05) is 0 Å². The summed E-state index contributed by atoms with van der Waals surface area (Å²) in [7, 11) is 0. The van der Waals surface area contributed by atoms with E-state index < -0.39 is 6.61 Å². The highest BCUT2D eigenvalue weighted by molar-refractivity contribution is 5.96. The molecule has 1 aromatic heterocycles. The second-order valence-electron chi connectivity index (χ2n) is 4.49. The summed E-state index contributed by atoms with van der Waals surface area (Å²) in [6.45, 7) is -0.403. The zero-order chi connectivity index (χ0) is 16.7. The molecule has 1 aromatic carbocycles. The molecule has 0 bridgehead atoms. The first-order chi connectivity index (χ1) is 11.1. The highest BCUT2D eigenvalue weighted by Gasteiger charge is 2.13. The Hall–Kier alpha value is -2.70. The first kappa shape index (κ1) is 16.7. The van der Waals surface area contributed by atoms with Crippen LogP contribution in [0.15, 0.2) is 42.6 Å². The van der Waals surface area contributed by atoms with Crippen LogP contribution in [0.5, 0.6) is 11.6 Å². The number of pyridine rings is 1. The summed E-state index contributed by atoms with van der Waals surface area (Å²) >= 11 is 0. The minimum absolute atomic E-state index is 0.0703. The number of halogens is 2. The van der Waals surface area contributed by atoms with E-state index in [1.54, 1.807) is 37.4 Å². The third kappa shape index (κ3) is 4.91. The van der Waals surface area contributed by atoms with Gasteiger partial charge in [0.1, 0.15) is 11.3 Å². The van der Waals surface area contributed by atoms with E-state index in [1.165, 1.54) is 12.1 Å². The Balaban J connectivity index is 1.96. The molecule has 0 radical (unpaired) electrons. The first-order valence-electron chi connectivity index (χ1n) is 7.00. The van der Waals surface area contributed by atoms with Crippen LogP contribution >= 0.6 is 0 Å². The van der Waals surface area contributed by atoms with Crippen LogP contribution < -0.4 is 14.8 Å². The molecule has 1 amide bonds. The first-order valence-corrected chi connectivity index (χ1v) is 7.00. The Labute approximate surface area is 132 Å². The third-order valence-electron chi connectivity index (χ3n) is 2.90. The Morgan fingerprint density at radius 1 is 1.26 bits per heavy atom. The molecule has 122 valence electrons. The zero-order valence-corrected chi connectivity index (χ0v) is 12.5. The number of carbonyl (C=O) groups excluding carboxylic acids is 1. The summed E-state index contributed by atoms with van der Waals surface area (Å²) in [5.74, 6) is 0.0172. The van der Waals surface area contributed by atoms with Crippen molar-refractivity contribution in [3.05, 3.63) is 53.7 Å². The van der Waals surface area contributed by atoms with E-state index in [0.29, 0.717) is 12.2 Å². The summed E-state index contributed by atoms with van der Waals surface area (Å²) in [4.78, 5) is 16.2. The molecule has 7 heteroatoms. The molecule has 0 spiro atoms. The van der Waals surface area contributed by atoms with E-state index in [2.05, 4.69) is 15.0 Å². The molecule has 0 aliphatic carbocycles. The number of nitrogens with zero attached hydrogens (tertiary/aromatic N) is 1. The van der Waals surface area contributed by atoms with Crippen molar-refractivity contribution in [2.75, 3.05) is 6.61 Å². The molecule has 0 aliphatic rings. The van der Waals surface area contributed by atoms with Gasteiger partial charge in [-0.2, -0.15) is 8.78 Å². The molecule has 1 N–H and O–H groups in total. The highest BCUT2D eigenvalue weighted by atomic mass is 19.3. The number of benzene rings is 1. The van der Waals surface area contributed by atoms with E-state index in [9.17, 15) is 13.6 Å². The van der Waals surface area contributed by atoms with Gasteiger partial charge in [-0.3, -0.25) is 4.79 Å². The fraction of sp³-hybridized carbons (Fsp3) is 0.250. The SMILES string of the molecule is CCOc1ncccc1C(=O)NCc1ccc(OC(F)F)cc1. The van der Waals surface area contributed by atoms with E-state index in [-0.39, 0.29) is 24.1 Å². The minimum atomic E-state index is -2.86. The Bertz CT molecular complexity index is 648. The van der Waals surface area contributed by atoms with Gasteiger partial charge in [0.25, 0.3) is 5.91 Å². The van der Waals surface area contributed by atoms with Crippen molar-refractivity contribution in [1.29, 1.82) is 0 Å². The second kappa shape index (κ2) is 8.07. The highest BCUT2D eigenvalue weighted by Crippen LogP contribution is 2.16. The van der Waals surface area contributed by atoms with Crippen molar-refractivity contribution in [1.82, 2.24) is 10.3 Å². The van der Waals surface area contributed by atoms with E-state index >= 15 is 0 Å². The lowest BCUT2D eigenvalue weighted by Crippen LogP contribution is -2.23. The summed E-state index contributed by atoms with van der Waals surface area (Å²) in [6, 6.07) is 9.31. The van der Waals surface area contributed by atoms with Gasteiger partial charge in [0.2, 0.25) is 5.88 Å². The van der Waals surface area contributed by atoms with Gasteiger partial charge in [-0.15, -0.1) is 0 Å². The van der Waals surface area contributed by atoms with Crippen LogP contribution in [0.3, 0.4) is 0 Å². The van der Waals surface area contributed by atoms with Crippen LogP contribution in [-0.4, -0.2) is 24.1 Å². The number of amides is 1. The van der Waals surface area contributed by atoms with E-state index in [4.69, 9.17) is 4.74 Å². The van der Waals surface area contributed by atoms with Crippen LogP contribution in [0.25, 0.3) is 0 Å². The van der Waals surface area contributed by atoms with Crippen molar-refractivity contribution in [3.63, 3.8) is 0 Å². The van der Waals surface area contributed by atoms with Gasteiger partial charge in [0.15, 0.2) is 0 Å². The summed E-state index contributed by atoms with van der Waals surface area (Å²) < 4.78 is 33.7. The lowest BCUT2D eigenvalue weighted by molar-refractivity contribution is -0.0498. The Kier molecular flexibility index (Phi) is 5.85. The fourth-order valence-corrected chi connectivity index (χ4v) is 1.88. The van der Waals surface area contributed by atoms with Crippen molar-refractivity contribution in [3.8, 4) is 11.6 Å². The molecular formula is C16H16F2N2O3. The van der Waals surface area contributed by atoms with Crippen molar-refractivity contribution < 1.29 is 23.0 Å². The molecule has 0 fully saturated rings. The molecule has 0 aliphatic heterocycles. The Morgan fingerprint density at radius 2 is 2.00 bits per heavy atom. The molecule has 0 unspecified atom stereocenters. The van der Waals surface area contributed by atoms with E-state index in [0.717, 1.165) is 5.56 Å². The maximum atomic E-state index is 12.2. The Morgan fingerprint density at radius 3 is 2.65 bits per heavy atom. The maximum Gasteiger partial charge on any atom is 0.387 e. The van der Waals surface area contributed by atoms with Gasteiger partial charge in [-0.05, 0) is 36.8 Å². The molecule has 0 saturated heterocycles. The van der Waals surface area contributed by atoms with Gasteiger partial charge in [-0.1, -0.05) is 12.1 Å². The summed E-state index contributed by atoms with van der Waals surface area (Å²) in [5.41, 5.74) is 1.09. The maximum absolute atomic E-state index is 12.2. The number of aromatic nitrogens is 1. The molecule has 2 aromatic rings. The molecule has 1 heterocycles. The van der Waals surface area contributed by atoms with Gasteiger partial charge in [0.05, 0.1) is 6.61 Å². The smallest absolute Gasteiger partial charge is 0.387 e. The lowest BCUT2D eigenvalue weighted by Gasteiger charge is -2.10. The molecule has 0 saturated carbocycles. The number of alkyl halides is 2. The van der Waals surface area contributed by atoms with Gasteiger partial charge >= 0.3 is 6.61 Å². The van der Waals surface area contributed by atoms with Gasteiger partial charge in [-0.25, -0.2) is 4.98 Å². The number of rotatable bonds is 7. The van der Waals surface area contributed by atoms with Crippen LogP contribution in [0.1, 0.15) is 22.8 Å². The van der Waals surface area contributed by atoms with Crippen molar-refractivity contribution in [2.24, 2.45) is 0 Å². The van der Waals surface area contributed by atoms with Gasteiger partial charge in [0, 0.05) is 12.7 Å². The van der Waals surface area contributed by atoms with Crippen LogP contribution in [0.4, 0.5) is 8.78 Å². The van der Waals surface area contributed by atoms with Crippen LogP contribution in [-0.2, 0) is 6.54 Å². The van der Waals surface area contributed by atoms with Gasteiger partial charge < -0.3 is 14.8 Å². The zero-order valence-electron chi connectivity index (χ0n) is 12.5. The molecule has 5 nitrogen and oxygen atoms in total. The molecule has 23 heavy (non-hydrogen) atoms. The topological polar surface area (TPSA) is 60.5 Å². The second-order valence-corrected chi connectivity index (χ2v) is 4.49.